The molecule has 0 saturated heterocycles. The number of azo groups is 1. The maximum atomic E-state index is 12.0. The number of esters is 1. The first-order valence-corrected chi connectivity index (χ1v) is 12.5. The lowest BCUT2D eigenvalue weighted by Gasteiger charge is -2.26. The number of aromatic nitrogens is 4. The number of rotatable bonds is 10. The predicted octanol–water partition coefficient (Wildman–Crippen LogP) is 4.86. The number of benzene rings is 2. The Morgan fingerprint density at radius 2 is 1.82 bits per heavy atom. The number of anilines is 2. The zero-order valence-corrected chi connectivity index (χ0v) is 22.2. The third kappa shape index (κ3) is 5.87. The topological polar surface area (TPSA) is 116 Å². The van der Waals surface area contributed by atoms with Crippen LogP contribution in [0.15, 0.2) is 77.0 Å². The number of aryl methyl sites for hydroxylation is 1. The molecule has 4 aromatic rings. The average molecular weight is 528 g/mol. The standard InChI is InChI=1S/C28H29N7O4/c1-5-39-28(36)9-19-8-20(33-32-19)17-35(22-10-23(37-3)13-24(11-22)38-4)21-6-7-25-26(12-21)31-27(15-29-25)18-14-30-34(2)16-18/h6-8,10-16,19H,5,9,17H2,1-4H3. The van der Waals surface area contributed by atoms with E-state index < -0.39 is 0 Å². The van der Waals surface area contributed by atoms with Crippen LogP contribution >= 0.6 is 0 Å². The van der Waals surface area contributed by atoms with Crippen molar-refractivity contribution in [2.75, 3.05) is 32.3 Å². The Morgan fingerprint density at radius 3 is 2.51 bits per heavy atom. The predicted molar refractivity (Wildman–Crippen MR) is 146 cm³/mol. The van der Waals surface area contributed by atoms with Gasteiger partial charge in [0.2, 0.25) is 0 Å². The van der Waals surface area contributed by atoms with Crippen molar-refractivity contribution >= 4 is 28.4 Å². The molecule has 0 fully saturated rings. The van der Waals surface area contributed by atoms with Crippen molar-refractivity contribution in [3.05, 3.63) is 66.8 Å². The average Bonchev–Trinajstić information content (AvgIpc) is 3.59. The van der Waals surface area contributed by atoms with Gasteiger partial charge in [0.05, 0.1) is 68.6 Å². The molecule has 0 spiro atoms. The minimum Gasteiger partial charge on any atom is -0.497 e. The van der Waals surface area contributed by atoms with Crippen molar-refractivity contribution < 1.29 is 19.0 Å². The van der Waals surface area contributed by atoms with Crippen molar-refractivity contribution in [1.82, 2.24) is 19.7 Å². The Bertz CT molecular complexity index is 1540. The number of hydrogen-bond donors (Lipinski definition) is 0. The second kappa shape index (κ2) is 11.3. The van der Waals surface area contributed by atoms with Crippen LogP contribution in [0.5, 0.6) is 11.5 Å². The van der Waals surface area contributed by atoms with Gasteiger partial charge < -0.3 is 19.1 Å². The van der Waals surface area contributed by atoms with Crippen molar-refractivity contribution in [2.45, 2.75) is 19.4 Å². The number of carbonyl (C=O) groups excluding carboxylic acids is 1. The van der Waals surface area contributed by atoms with Crippen LogP contribution in [0.4, 0.5) is 11.4 Å². The Kier molecular flexibility index (Phi) is 7.48. The monoisotopic (exact) mass is 527 g/mol. The van der Waals surface area contributed by atoms with Crippen molar-refractivity contribution in [2.24, 2.45) is 17.3 Å². The SMILES string of the molecule is CCOC(=O)CC1C=C(CN(c2cc(OC)cc(OC)c2)c2ccc3ncc(-c4cnn(C)c4)nc3c2)N=N1. The van der Waals surface area contributed by atoms with Gasteiger partial charge in [0, 0.05) is 48.4 Å². The normalized spacial score (nSPS) is 14.4. The molecule has 2 aromatic heterocycles. The first-order valence-electron chi connectivity index (χ1n) is 12.5. The van der Waals surface area contributed by atoms with Crippen molar-refractivity contribution in [3.8, 4) is 22.8 Å². The summed E-state index contributed by atoms with van der Waals surface area (Å²) in [5.41, 5.74) is 5.53. The molecule has 39 heavy (non-hydrogen) atoms. The Labute approximate surface area is 225 Å². The quantitative estimate of drug-likeness (QED) is 0.269. The summed E-state index contributed by atoms with van der Waals surface area (Å²) in [6.07, 6.45) is 7.45. The van der Waals surface area contributed by atoms with Gasteiger partial charge in [0.25, 0.3) is 0 Å². The summed E-state index contributed by atoms with van der Waals surface area (Å²) in [6.45, 7) is 2.50. The highest BCUT2D eigenvalue weighted by molar-refractivity contribution is 5.83. The summed E-state index contributed by atoms with van der Waals surface area (Å²) in [4.78, 5) is 23.5. The van der Waals surface area contributed by atoms with Crippen LogP contribution in [0.25, 0.3) is 22.3 Å². The number of methoxy groups -OCH3 is 2. The van der Waals surface area contributed by atoms with E-state index in [9.17, 15) is 4.79 Å². The Hall–Kier alpha value is -4.80. The van der Waals surface area contributed by atoms with E-state index in [1.165, 1.54) is 0 Å². The van der Waals surface area contributed by atoms with Gasteiger partial charge in [-0.25, -0.2) is 4.98 Å². The molecule has 0 aliphatic carbocycles. The van der Waals surface area contributed by atoms with E-state index in [2.05, 4.69) is 25.2 Å². The molecule has 1 aliphatic heterocycles. The summed E-state index contributed by atoms with van der Waals surface area (Å²) in [5.74, 6) is 0.998. The fourth-order valence-corrected chi connectivity index (χ4v) is 4.31. The number of ether oxygens (including phenoxy) is 3. The van der Waals surface area contributed by atoms with E-state index in [0.29, 0.717) is 24.7 Å². The maximum absolute atomic E-state index is 12.0. The molecule has 200 valence electrons. The largest absolute Gasteiger partial charge is 0.497 e. The lowest BCUT2D eigenvalue weighted by atomic mass is 10.1. The highest BCUT2D eigenvalue weighted by Crippen LogP contribution is 2.35. The molecule has 1 atom stereocenters. The molecule has 3 heterocycles. The van der Waals surface area contributed by atoms with Crippen LogP contribution in [0, 0.1) is 0 Å². The van der Waals surface area contributed by atoms with E-state index >= 15 is 0 Å². The summed E-state index contributed by atoms with van der Waals surface area (Å²) in [5, 5.41) is 12.9. The molecular weight excluding hydrogens is 498 g/mol. The van der Waals surface area contributed by atoms with Gasteiger partial charge in [-0.05, 0) is 31.2 Å². The highest BCUT2D eigenvalue weighted by Gasteiger charge is 2.21. The molecule has 2 aromatic carbocycles. The molecule has 0 amide bonds. The third-order valence-electron chi connectivity index (χ3n) is 6.21. The summed E-state index contributed by atoms with van der Waals surface area (Å²) in [7, 11) is 5.09. The molecular formula is C28H29N7O4. The molecule has 0 radical (unpaired) electrons. The minimum absolute atomic E-state index is 0.149. The van der Waals surface area contributed by atoms with E-state index in [1.807, 2.05) is 55.7 Å². The molecule has 0 bridgehead atoms. The smallest absolute Gasteiger partial charge is 0.308 e. The van der Waals surface area contributed by atoms with Gasteiger partial charge >= 0.3 is 5.97 Å². The number of hydrogen-bond acceptors (Lipinski definition) is 10. The summed E-state index contributed by atoms with van der Waals surface area (Å²) >= 11 is 0. The molecule has 1 aliphatic rings. The number of carbonyl (C=O) groups is 1. The number of nitrogens with zero attached hydrogens (tertiary/aromatic N) is 7. The third-order valence-corrected chi connectivity index (χ3v) is 6.21. The molecule has 0 saturated carbocycles. The van der Waals surface area contributed by atoms with Crippen LogP contribution < -0.4 is 14.4 Å². The second-order valence-corrected chi connectivity index (χ2v) is 8.94. The fraction of sp³-hybridized carbons (Fsp3) is 0.286. The fourth-order valence-electron chi connectivity index (χ4n) is 4.31. The highest BCUT2D eigenvalue weighted by atomic mass is 16.5. The number of fused-ring (bicyclic) bond motifs is 1. The van der Waals surface area contributed by atoms with Crippen molar-refractivity contribution in [3.63, 3.8) is 0 Å². The minimum atomic E-state index is -0.356. The van der Waals surface area contributed by atoms with E-state index in [1.54, 1.807) is 38.2 Å². The molecule has 1 unspecified atom stereocenters. The van der Waals surface area contributed by atoms with Gasteiger partial charge in [-0.3, -0.25) is 14.5 Å². The van der Waals surface area contributed by atoms with Crippen LogP contribution in [0.2, 0.25) is 0 Å². The zero-order chi connectivity index (χ0) is 27.4. The molecule has 11 nitrogen and oxygen atoms in total. The van der Waals surface area contributed by atoms with Gasteiger partial charge in [-0.1, -0.05) is 0 Å². The Morgan fingerprint density at radius 1 is 1.03 bits per heavy atom. The summed E-state index contributed by atoms with van der Waals surface area (Å²) in [6, 6.07) is 11.2. The zero-order valence-electron chi connectivity index (χ0n) is 22.2. The van der Waals surface area contributed by atoms with E-state index in [-0.39, 0.29) is 18.4 Å². The Balaban J connectivity index is 1.53. The lowest BCUT2D eigenvalue weighted by Crippen LogP contribution is -2.20. The van der Waals surface area contributed by atoms with Crippen LogP contribution in [0.1, 0.15) is 13.3 Å². The lowest BCUT2D eigenvalue weighted by molar-refractivity contribution is -0.143. The second-order valence-electron chi connectivity index (χ2n) is 8.94. The van der Waals surface area contributed by atoms with Crippen molar-refractivity contribution in [1.29, 1.82) is 0 Å². The first-order chi connectivity index (χ1) is 18.9. The van der Waals surface area contributed by atoms with E-state index in [4.69, 9.17) is 19.2 Å². The first kappa shape index (κ1) is 25.8. The van der Waals surface area contributed by atoms with Gasteiger partial charge in [0.15, 0.2) is 0 Å². The molecule has 5 rings (SSSR count). The maximum Gasteiger partial charge on any atom is 0.308 e. The molecule has 11 heteroatoms. The molecule has 0 N–H and O–H groups in total. The van der Waals surface area contributed by atoms with Gasteiger partial charge in [-0.15, -0.1) is 0 Å². The van der Waals surface area contributed by atoms with Gasteiger partial charge in [0.1, 0.15) is 17.5 Å². The van der Waals surface area contributed by atoms with E-state index in [0.717, 1.165) is 39.4 Å². The van der Waals surface area contributed by atoms with Crippen LogP contribution in [0.3, 0.4) is 0 Å². The van der Waals surface area contributed by atoms with Crippen LogP contribution in [-0.2, 0) is 16.6 Å². The summed E-state index contributed by atoms with van der Waals surface area (Å²) < 4.78 is 17.9. The van der Waals surface area contributed by atoms with Crippen LogP contribution in [-0.4, -0.2) is 59.1 Å². The van der Waals surface area contributed by atoms with Gasteiger partial charge in [-0.2, -0.15) is 15.3 Å².